The molecule has 0 spiro atoms. The Bertz CT molecular complexity index is 1400. The van der Waals surface area contributed by atoms with E-state index in [9.17, 15) is 5.11 Å². The molecule has 5 nitrogen and oxygen atoms in total. The Morgan fingerprint density at radius 3 is 2.10 bits per heavy atom. The number of likely N-dealkylation sites (tertiary alicyclic amines) is 1. The highest BCUT2D eigenvalue weighted by Gasteiger charge is 2.60. The van der Waals surface area contributed by atoms with Crippen molar-refractivity contribution in [3.8, 4) is 17.2 Å². The molecule has 0 aromatic heterocycles. The summed E-state index contributed by atoms with van der Waals surface area (Å²) in [4.78, 5) is 2.48. The van der Waals surface area contributed by atoms with E-state index in [1.54, 1.807) is 7.11 Å². The Balaban J connectivity index is 1.16. The van der Waals surface area contributed by atoms with Crippen molar-refractivity contribution in [2.24, 2.45) is 0 Å². The predicted molar refractivity (Wildman–Crippen MR) is 166 cm³/mol. The highest BCUT2D eigenvalue weighted by atomic mass is 16.5. The molecule has 1 aliphatic heterocycles. The molecule has 3 unspecified atom stereocenters. The molecule has 1 heterocycles. The maximum Gasteiger partial charge on any atom is 0.119 e. The second-order valence-electron chi connectivity index (χ2n) is 11.6. The number of rotatable bonds is 12. The smallest absolute Gasteiger partial charge is 0.119 e. The van der Waals surface area contributed by atoms with Crippen LogP contribution in [0, 0.1) is 0 Å². The summed E-state index contributed by atoms with van der Waals surface area (Å²) in [6, 6.07) is 34.7. The lowest BCUT2D eigenvalue weighted by Gasteiger charge is -2.27. The van der Waals surface area contributed by atoms with Crippen molar-refractivity contribution in [2.45, 2.75) is 49.7 Å². The van der Waals surface area contributed by atoms with Gasteiger partial charge in [0, 0.05) is 12.0 Å². The third-order valence-corrected chi connectivity index (χ3v) is 8.97. The number of piperidine rings is 1. The van der Waals surface area contributed by atoms with Gasteiger partial charge in [0.05, 0.1) is 13.2 Å². The number of methoxy groups -OCH3 is 1. The number of ether oxygens (including phenoxy) is 3. The fourth-order valence-corrected chi connectivity index (χ4v) is 6.43. The first-order valence-corrected chi connectivity index (χ1v) is 15.2. The summed E-state index contributed by atoms with van der Waals surface area (Å²) in [7, 11) is 1.68. The van der Waals surface area contributed by atoms with E-state index in [-0.39, 0.29) is 5.92 Å². The van der Waals surface area contributed by atoms with Crippen LogP contribution < -0.4 is 14.2 Å². The molecule has 4 aromatic carbocycles. The average Bonchev–Trinajstić information content (AvgIpc) is 3.82. The van der Waals surface area contributed by atoms with Crippen LogP contribution in [0.5, 0.6) is 17.2 Å². The van der Waals surface area contributed by atoms with Crippen molar-refractivity contribution in [2.75, 3.05) is 33.4 Å². The minimum atomic E-state index is -0.660. The molecule has 2 fully saturated rings. The van der Waals surface area contributed by atoms with E-state index in [1.165, 1.54) is 37.9 Å². The molecule has 1 N–H and O–H groups in total. The van der Waals surface area contributed by atoms with Gasteiger partial charge in [-0.25, -0.2) is 0 Å². The minimum absolute atomic E-state index is 0.185. The average molecular weight is 564 g/mol. The van der Waals surface area contributed by atoms with Crippen molar-refractivity contribution in [1.82, 2.24) is 4.90 Å². The first-order valence-electron chi connectivity index (χ1n) is 15.2. The van der Waals surface area contributed by atoms with E-state index in [2.05, 4.69) is 41.3 Å². The third-order valence-electron chi connectivity index (χ3n) is 8.97. The molecule has 42 heavy (non-hydrogen) atoms. The van der Waals surface area contributed by atoms with Crippen molar-refractivity contribution in [3.05, 3.63) is 125 Å². The summed E-state index contributed by atoms with van der Waals surface area (Å²) in [6.07, 6.45) is 4.12. The number of hydrogen-bond donors (Lipinski definition) is 1. The van der Waals surface area contributed by atoms with Crippen LogP contribution in [0.3, 0.4) is 0 Å². The lowest BCUT2D eigenvalue weighted by atomic mass is 9.82. The van der Waals surface area contributed by atoms with Crippen LogP contribution in [0.25, 0.3) is 0 Å². The van der Waals surface area contributed by atoms with Gasteiger partial charge in [0.2, 0.25) is 0 Å². The van der Waals surface area contributed by atoms with Crippen molar-refractivity contribution >= 4 is 0 Å². The highest BCUT2D eigenvalue weighted by molar-refractivity contribution is 5.49. The quantitative estimate of drug-likeness (QED) is 0.196. The first-order chi connectivity index (χ1) is 20.7. The number of aliphatic hydroxyl groups excluding tert-OH is 1. The van der Waals surface area contributed by atoms with E-state index in [1.807, 2.05) is 66.7 Å². The lowest BCUT2D eigenvalue weighted by Crippen LogP contribution is -2.33. The van der Waals surface area contributed by atoms with Crippen LogP contribution in [0.2, 0.25) is 0 Å². The van der Waals surface area contributed by atoms with Crippen molar-refractivity contribution in [1.29, 1.82) is 0 Å². The fraction of sp³-hybridized carbons (Fsp3) is 0.351. The molecule has 1 saturated carbocycles. The number of nitrogens with zero attached hydrogens (tertiary/aromatic N) is 1. The van der Waals surface area contributed by atoms with E-state index < -0.39 is 11.5 Å². The van der Waals surface area contributed by atoms with Gasteiger partial charge in [0.15, 0.2) is 0 Å². The Morgan fingerprint density at radius 1 is 0.762 bits per heavy atom. The van der Waals surface area contributed by atoms with Gasteiger partial charge in [0.1, 0.15) is 30.5 Å². The molecule has 4 aromatic rings. The van der Waals surface area contributed by atoms with Gasteiger partial charge in [-0.15, -0.1) is 0 Å². The Labute approximate surface area is 249 Å². The zero-order valence-corrected chi connectivity index (χ0v) is 24.5. The summed E-state index contributed by atoms with van der Waals surface area (Å²) in [5.74, 6) is 2.69. The van der Waals surface area contributed by atoms with Gasteiger partial charge in [0.25, 0.3) is 0 Å². The maximum atomic E-state index is 11.9. The van der Waals surface area contributed by atoms with E-state index in [0.717, 1.165) is 46.9 Å². The van der Waals surface area contributed by atoms with E-state index in [4.69, 9.17) is 14.2 Å². The predicted octanol–water partition coefficient (Wildman–Crippen LogP) is 7.30. The van der Waals surface area contributed by atoms with Crippen LogP contribution in [0.1, 0.15) is 60.0 Å². The topological polar surface area (TPSA) is 51.2 Å². The van der Waals surface area contributed by atoms with Gasteiger partial charge >= 0.3 is 0 Å². The highest BCUT2D eigenvalue weighted by Crippen LogP contribution is 2.66. The fourth-order valence-electron chi connectivity index (χ4n) is 6.43. The normalized spacial score (nSPS) is 21.0. The molecule has 0 radical (unpaired) electrons. The van der Waals surface area contributed by atoms with Gasteiger partial charge in [-0.1, -0.05) is 73.2 Å². The molecule has 0 amide bonds. The van der Waals surface area contributed by atoms with Gasteiger partial charge in [-0.2, -0.15) is 0 Å². The molecule has 3 atom stereocenters. The summed E-state index contributed by atoms with van der Waals surface area (Å²) < 4.78 is 17.5. The van der Waals surface area contributed by atoms with Crippen LogP contribution in [-0.2, 0) is 12.0 Å². The zero-order chi connectivity index (χ0) is 28.8. The molecule has 1 aliphatic carbocycles. The molecule has 1 saturated heterocycles. The Hall–Kier alpha value is -3.80. The van der Waals surface area contributed by atoms with E-state index >= 15 is 0 Å². The lowest BCUT2D eigenvalue weighted by molar-refractivity contribution is 0.130. The van der Waals surface area contributed by atoms with Crippen LogP contribution >= 0.6 is 0 Å². The summed E-state index contributed by atoms with van der Waals surface area (Å²) in [5, 5.41) is 11.9. The molecule has 0 bridgehead atoms. The summed E-state index contributed by atoms with van der Waals surface area (Å²) >= 11 is 0. The summed E-state index contributed by atoms with van der Waals surface area (Å²) in [5.41, 5.74) is 3.94. The molecule has 6 rings (SSSR count). The number of aliphatic hydroxyl groups is 1. The molecular weight excluding hydrogens is 522 g/mol. The SMILES string of the molecule is COc1ccc(C2(C(O)c3ccc(OCCN4CCCCC4)cc3)CC2c2ccc(OCc3ccccc3)cc2)cc1. The van der Waals surface area contributed by atoms with Gasteiger partial charge in [-0.3, -0.25) is 4.90 Å². The third kappa shape index (κ3) is 6.33. The van der Waals surface area contributed by atoms with Crippen LogP contribution in [-0.4, -0.2) is 43.4 Å². The minimum Gasteiger partial charge on any atom is -0.497 e. The van der Waals surface area contributed by atoms with Crippen LogP contribution in [0.4, 0.5) is 0 Å². The maximum absolute atomic E-state index is 11.9. The molecular formula is C37H41NO4. The van der Waals surface area contributed by atoms with Crippen LogP contribution in [0.15, 0.2) is 103 Å². The molecule has 5 heteroatoms. The number of benzene rings is 4. The largest absolute Gasteiger partial charge is 0.497 e. The van der Waals surface area contributed by atoms with Gasteiger partial charge in [-0.05, 0) is 96.9 Å². The monoisotopic (exact) mass is 563 g/mol. The zero-order valence-electron chi connectivity index (χ0n) is 24.5. The second-order valence-corrected chi connectivity index (χ2v) is 11.6. The van der Waals surface area contributed by atoms with Crippen molar-refractivity contribution in [3.63, 3.8) is 0 Å². The number of hydrogen-bond acceptors (Lipinski definition) is 5. The molecule has 218 valence electrons. The first kappa shape index (κ1) is 28.3. The van der Waals surface area contributed by atoms with Gasteiger partial charge < -0.3 is 19.3 Å². The standard InChI is InChI=1S/C37H41NO4/c1-40-32-20-14-31(15-21-32)37(26-35(37)29-10-16-34(17-11-29)42-27-28-8-4-2-5-9-28)36(39)30-12-18-33(19-13-30)41-25-24-38-22-6-3-7-23-38/h2,4-5,8-21,35-36,39H,3,6-7,22-27H2,1H3. The summed E-state index contributed by atoms with van der Waals surface area (Å²) in [6.45, 7) is 4.53. The molecule has 2 aliphatic rings. The Kier molecular flexibility index (Phi) is 8.78. The second kappa shape index (κ2) is 13.0. The Morgan fingerprint density at radius 2 is 1.40 bits per heavy atom. The van der Waals surface area contributed by atoms with Crippen molar-refractivity contribution < 1.29 is 19.3 Å². The van der Waals surface area contributed by atoms with E-state index in [0.29, 0.717) is 13.2 Å².